The summed E-state index contributed by atoms with van der Waals surface area (Å²) in [5.74, 6) is -2.53. The van der Waals surface area contributed by atoms with Crippen LogP contribution >= 0.6 is 11.5 Å². The number of carbonyl (C=O) groups is 4. The monoisotopic (exact) mass is 471 g/mol. The molecule has 0 aliphatic carbocycles. The molecule has 0 bridgehead atoms. The van der Waals surface area contributed by atoms with Crippen LogP contribution in [0.15, 0.2) is 36.5 Å². The molecule has 0 radical (unpaired) electrons. The summed E-state index contributed by atoms with van der Waals surface area (Å²) < 4.78 is 9.46. The number of rotatable bonds is 7. The summed E-state index contributed by atoms with van der Waals surface area (Å²) in [6.45, 7) is 4.06. The fourth-order valence-electron chi connectivity index (χ4n) is 3.79. The van der Waals surface area contributed by atoms with Crippen LogP contribution in [0, 0.1) is 11.8 Å². The van der Waals surface area contributed by atoms with Gasteiger partial charge in [-0.2, -0.15) is 0 Å². The first-order chi connectivity index (χ1) is 15.8. The predicted octanol–water partition coefficient (Wildman–Crippen LogP) is 2.84. The molecule has 8 nitrogen and oxygen atoms in total. The van der Waals surface area contributed by atoms with Crippen molar-refractivity contribution in [2.24, 2.45) is 11.8 Å². The average molecular weight is 472 g/mol. The van der Waals surface area contributed by atoms with Crippen LogP contribution < -0.4 is 10.6 Å². The van der Waals surface area contributed by atoms with Crippen molar-refractivity contribution in [2.45, 2.75) is 52.2 Å². The summed E-state index contributed by atoms with van der Waals surface area (Å²) in [6.07, 6.45) is 2.54. The molecule has 1 aliphatic heterocycles. The van der Waals surface area contributed by atoms with Crippen LogP contribution in [0.4, 0.5) is 4.79 Å². The van der Waals surface area contributed by atoms with Gasteiger partial charge in [-0.15, -0.1) is 0 Å². The van der Waals surface area contributed by atoms with Crippen LogP contribution in [0.5, 0.6) is 0 Å². The van der Waals surface area contributed by atoms with E-state index < -0.39 is 29.7 Å². The summed E-state index contributed by atoms with van der Waals surface area (Å²) in [5, 5.41) is 5.27. The molecular weight excluding hydrogens is 442 g/mol. The van der Waals surface area contributed by atoms with Gasteiger partial charge in [0.05, 0.1) is 6.04 Å². The molecule has 1 aromatic heterocycles. The maximum atomic E-state index is 13.1. The zero-order valence-corrected chi connectivity index (χ0v) is 19.7. The average Bonchev–Trinajstić information content (AvgIpc) is 3.25. The van der Waals surface area contributed by atoms with Crippen LogP contribution in [0.1, 0.15) is 42.7 Å². The normalized spacial score (nSPS) is 17.6. The molecule has 3 rings (SSSR count). The fourth-order valence-corrected chi connectivity index (χ4v) is 4.58. The minimum Gasteiger partial charge on any atom is -0.445 e. The Hall–Kier alpha value is -3.07. The van der Waals surface area contributed by atoms with E-state index in [0.717, 1.165) is 16.0 Å². The molecule has 2 aromatic rings. The molecule has 9 heteroatoms. The van der Waals surface area contributed by atoms with Crippen molar-refractivity contribution in [1.29, 1.82) is 0 Å². The number of hydrogen-bond donors (Lipinski definition) is 2. The lowest BCUT2D eigenvalue weighted by molar-refractivity contribution is -0.141. The molecule has 2 atom stereocenters. The number of ether oxygens (including phenoxy) is 1. The molecule has 2 N–H and O–H groups in total. The molecule has 0 saturated heterocycles. The Morgan fingerprint density at radius 2 is 1.97 bits per heavy atom. The highest BCUT2D eigenvalue weighted by Gasteiger charge is 2.33. The second-order valence-corrected chi connectivity index (χ2v) is 9.36. The van der Waals surface area contributed by atoms with Gasteiger partial charge in [-0.05, 0) is 47.8 Å². The molecule has 33 heavy (non-hydrogen) atoms. The van der Waals surface area contributed by atoms with E-state index in [0.29, 0.717) is 25.8 Å². The number of hydrogen-bond acceptors (Lipinski definition) is 7. The summed E-state index contributed by atoms with van der Waals surface area (Å²) in [7, 11) is 0. The van der Waals surface area contributed by atoms with Crippen molar-refractivity contribution in [1.82, 2.24) is 15.0 Å². The molecule has 2 unspecified atom stereocenters. The topological polar surface area (TPSA) is 114 Å². The van der Waals surface area contributed by atoms with Gasteiger partial charge in [0.2, 0.25) is 5.78 Å². The van der Waals surface area contributed by atoms with Gasteiger partial charge in [0.1, 0.15) is 6.61 Å². The SMILES string of the molecule is CC(C)C(NC(=O)OCc1ccccc1)C(=O)CC1CCc2sncc2CCNC(=O)C1=O. The van der Waals surface area contributed by atoms with E-state index in [-0.39, 0.29) is 24.7 Å². The van der Waals surface area contributed by atoms with E-state index in [2.05, 4.69) is 15.0 Å². The number of alkyl carbamates (subject to hydrolysis) is 1. The number of fused-ring (bicyclic) bond motifs is 1. The Labute approximate surface area is 197 Å². The number of aromatic nitrogens is 1. The number of amides is 2. The second-order valence-electron chi connectivity index (χ2n) is 8.48. The van der Waals surface area contributed by atoms with Crippen molar-refractivity contribution in [3.63, 3.8) is 0 Å². The summed E-state index contributed by atoms with van der Waals surface area (Å²) >= 11 is 1.38. The predicted molar refractivity (Wildman–Crippen MR) is 124 cm³/mol. The van der Waals surface area contributed by atoms with Gasteiger partial charge in [-0.3, -0.25) is 14.4 Å². The second kappa shape index (κ2) is 11.7. The zero-order chi connectivity index (χ0) is 23.8. The number of benzene rings is 1. The Balaban J connectivity index is 1.64. The number of carbonyl (C=O) groups excluding carboxylic acids is 4. The van der Waals surface area contributed by atoms with Crippen LogP contribution in [0.3, 0.4) is 0 Å². The Kier molecular flexibility index (Phi) is 8.71. The third kappa shape index (κ3) is 6.95. The number of Topliss-reactive ketones (excluding diaryl/α,β-unsaturated/α-hetero) is 2. The van der Waals surface area contributed by atoms with E-state index in [1.165, 1.54) is 11.5 Å². The van der Waals surface area contributed by atoms with Gasteiger partial charge in [0.25, 0.3) is 5.91 Å². The largest absolute Gasteiger partial charge is 0.445 e. The summed E-state index contributed by atoms with van der Waals surface area (Å²) in [4.78, 5) is 51.5. The molecule has 0 saturated carbocycles. The summed E-state index contributed by atoms with van der Waals surface area (Å²) in [6, 6.07) is 8.41. The van der Waals surface area contributed by atoms with Gasteiger partial charge in [-0.1, -0.05) is 44.2 Å². The van der Waals surface area contributed by atoms with Crippen molar-refractivity contribution in [3.8, 4) is 0 Å². The van der Waals surface area contributed by atoms with Gasteiger partial charge in [0, 0.05) is 30.0 Å². The maximum absolute atomic E-state index is 13.1. The first-order valence-electron chi connectivity index (χ1n) is 11.1. The van der Waals surface area contributed by atoms with Crippen LogP contribution in [0.25, 0.3) is 0 Å². The van der Waals surface area contributed by atoms with Crippen LogP contribution in [-0.2, 0) is 38.6 Å². The lowest BCUT2D eigenvalue weighted by Crippen LogP contribution is -2.46. The van der Waals surface area contributed by atoms with Crippen molar-refractivity contribution in [3.05, 3.63) is 52.5 Å². The zero-order valence-electron chi connectivity index (χ0n) is 18.8. The minimum atomic E-state index is -0.821. The van der Waals surface area contributed by atoms with E-state index >= 15 is 0 Å². The van der Waals surface area contributed by atoms with E-state index in [1.54, 1.807) is 6.20 Å². The first kappa shape index (κ1) is 24.6. The van der Waals surface area contributed by atoms with E-state index in [4.69, 9.17) is 4.74 Å². The van der Waals surface area contributed by atoms with Crippen LogP contribution in [-0.4, -0.2) is 40.5 Å². The number of ketones is 2. The lowest BCUT2D eigenvalue weighted by Gasteiger charge is -2.23. The maximum Gasteiger partial charge on any atom is 0.408 e. The van der Waals surface area contributed by atoms with E-state index in [9.17, 15) is 19.2 Å². The molecule has 1 aromatic carbocycles. The molecule has 2 heterocycles. The highest BCUT2D eigenvalue weighted by Crippen LogP contribution is 2.23. The number of nitrogens with one attached hydrogen (secondary N) is 2. The van der Waals surface area contributed by atoms with Gasteiger partial charge in [0.15, 0.2) is 5.78 Å². The van der Waals surface area contributed by atoms with E-state index in [1.807, 2.05) is 44.2 Å². The molecular formula is C24H29N3O5S. The van der Waals surface area contributed by atoms with Gasteiger partial charge in [-0.25, -0.2) is 9.17 Å². The standard InChI is InChI=1S/C24H29N3O5S/c1-15(2)21(27-24(31)32-14-16-6-4-3-5-7-16)19(28)12-17-8-9-20-18(13-26-33-20)10-11-25-23(30)22(17)29/h3-7,13,15,17,21H,8-12,14H2,1-2H3,(H,25,30)(H,27,31). The quantitative estimate of drug-likeness (QED) is 0.600. The number of aryl methyl sites for hydroxylation is 1. The van der Waals surface area contributed by atoms with Crippen molar-refractivity contribution >= 4 is 35.1 Å². The number of nitrogens with zero attached hydrogens (tertiary/aromatic N) is 1. The Bertz CT molecular complexity index is 989. The van der Waals surface area contributed by atoms with Crippen LogP contribution in [0.2, 0.25) is 0 Å². The van der Waals surface area contributed by atoms with Crippen molar-refractivity contribution < 1.29 is 23.9 Å². The third-order valence-corrected chi connectivity index (χ3v) is 6.57. The fraction of sp³-hybridized carbons (Fsp3) is 0.458. The molecule has 0 fully saturated rings. The Morgan fingerprint density at radius 3 is 2.70 bits per heavy atom. The first-order valence-corrected chi connectivity index (χ1v) is 11.9. The minimum absolute atomic E-state index is 0.0874. The Morgan fingerprint density at radius 1 is 1.21 bits per heavy atom. The smallest absolute Gasteiger partial charge is 0.408 e. The molecule has 0 spiro atoms. The van der Waals surface area contributed by atoms with Gasteiger partial charge >= 0.3 is 6.09 Å². The lowest BCUT2D eigenvalue weighted by atomic mass is 9.86. The van der Waals surface area contributed by atoms with Gasteiger partial charge < -0.3 is 15.4 Å². The van der Waals surface area contributed by atoms with Crippen molar-refractivity contribution in [2.75, 3.05) is 6.54 Å². The third-order valence-electron chi connectivity index (χ3n) is 5.67. The highest BCUT2D eigenvalue weighted by molar-refractivity contribution is 7.05. The highest BCUT2D eigenvalue weighted by atomic mass is 32.1. The summed E-state index contributed by atoms with van der Waals surface area (Å²) in [5.41, 5.74) is 1.89. The molecule has 1 aliphatic rings. The molecule has 2 amide bonds. The molecule has 176 valence electrons.